The molecule has 0 radical (unpaired) electrons. The molecule has 2 unspecified atom stereocenters. The number of amides is 1. The van der Waals surface area contributed by atoms with Crippen LogP contribution in [0.3, 0.4) is 0 Å². The number of carbonyl (C=O) groups excluding carboxylic acids is 1. The van der Waals surface area contributed by atoms with E-state index in [0.29, 0.717) is 5.92 Å². The number of aryl methyl sites for hydroxylation is 1. The number of ether oxygens (including phenoxy) is 1. The minimum Gasteiger partial charge on any atom is -0.444 e. The summed E-state index contributed by atoms with van der Waals surface area (Å²) in [4.78, 5) is 12.2. The normalized spacial score (nSPS) is 14.9. The van der Waals surface area contributed by atoms with E-state index in [4.69, 9.17) is 4.74 Å². The fourth-order valence-electron chi connectivity index (χ4n) is 2.48. The zero-order valence-corrected chi connectivity index (χ0v) is 15.8. The van der Waals surface area contributed by atoms with Crippen LogP contribution in [0, 0.1) is 11.3 Å². The SMILES string of the molecule is CC(C(CCc1ccccc1)NC(=O)OC(C)(C)C)C(C)(C)C. The summed E-state index contributed by atoms with van der Waals surface area (Å²) >= 11 is 0. The van der Waals surface area contributed by atoms with Gasteiger partial charge in [0.2, 0.25) is 0 Å². The molecule has 1 amide bonds. The van der Waals surface area contributed by atoms with Crippen LogP contribution in [0.1, 0.15) is 60.5 Å². The van der Waals surface area contributed by atoms with Crippen LogP contribution in [0.25, 0.3) is 0 Å². The van der Waals surface area contributed by atoms with Gasteiger partial charge in [-0.2, -0.15) is 0 Å². The van der Waals surface area contributed by atoms with E-state index in [9.17, 15) is 4.79 Å². The van der Waals surface area contributed by atoms with Crippen LogP contribution in [0.4, 0.5) is 4.79 Å². The lowest BCUT2D eigenvalue weighted by molar-refractivity contribution is 0.0456. The Bertz CT molecular complexity index is 483. The average molecular weight is 319 g/mol. The summed E-state index contributed by atoms with van der Waals surface area (Å²) in [5, 5.41) is 3.09. The molecule has 1 aromatic rings. The van der Waals surface area contributed by atoms with Crippen molar-refractivity contribution in [3.05, 3.63) is 35.9 Å². The first-order chi connectivity index (χ1) is 10.5. The number of carbonyl (C=O) groups is 1. The molecule has 0 heterocycles. The van der Waals surface area contributed by atoms with Gasteiger partial charge in [-0.25, -0.2) is 4.79 Å². The second-order valence-corrected chi connectivity index (χ2v) is 8.43. The van der Waals surface area contributed by atoms with Crippen LogP contribution in [0.2, 0.25) is 0 Å². The van der Waals surface area contributed by atoms with Crippen LogP contribution < -0.4 is 5.32 Å². The fraction of sp³-hybridized carbons (Fsp3) is 0.650. The minimum absolute atomic E-state index is 0.0880. The first-order valence-corrected chi connectivity index (χ1v) is 8.52. The van der Waals surface area contributed by atoms with Crippen LogP contribution in [0.15, 0.2) is 30.3 Å². The molecule has 0 fully saturated rings. The first kappa shape index (κ1) is 19.5. The number of rotatable bonds is 5. The largest absolute Gasteiger partial charge is 0.444 e. The molecule has 0 bridgehead atoms. The minimum atomic E-state index is -0.473. The molecule has 130 valence electrons. The van der Waals surface area contributed by atoms with Crippen LogP contribution in [-0.4, -0.2) is 17.7 Å². The lowest BCUT2D eigenvalue weighted by atomic mass is 9.76. The Morgan fingerprint density at radius 2 is 1.65 bits per heavy atom. The lowest BCUT2D eigenvalue weighted by Crippen LogP contribution is -2.46. The smallest absolute Gasteiger partial charge is 0.407 e. The summed E-state index contributed by atoms with van der Waals surface area (Å²) in [6, 6.07) is 10.5. The lowest BCUT2D eigenvalue weighted by Gasteiger charge is -2.35. The highest BCUT2D eigenvalue weighted by Crippen LogP contribution is 2.30. The Hall–Kier alpha value is -1.51. The van der Waals surface area contributed by atoms with E-state index >= 15 is 0 Å². The maximum atomic E-state index is 12.2. The van der Waals surface area contributed by atoms with Gasteiger partial charge in [0, 0.05) is 6.04 Å². The van der Waals surface area contributed by atoms with Gasteiger partial charge in [0.1, 0.15) is 5.60 Å². The van der Waals surface area contributed by atoms with Crippen LogP contribution >= 0.6 is 0 Å². The molecule has 3 heteroatoms. The van der Waals surface area contributed by atoms with Gasteiger partial charge in [0.25, 0.3) is 0 Å². The summed E-state index contributed by atoms with van der Waals surface area (Å²) in [7, 11) is 0. The second kappa shape index (κ2) is 7.85. The molecule has 0 spiro atoms. The van der Waals surface area contributed by atoms with Gasteiger partial charge in [0.05, 0.1) is 0 Å². The van der Waals surface area contributed by atoms with Gasteiger partial charge in [-0.1, -0.05) is 58.0 Å². The average Bonchev–Trinajstić information content (AvgIpc) is 2.40. The van der Waals surface area contributed by atoms with Gasteiger partial charge in [0.15, 0.2) is 0 Å². The molecular weight excluding hydrogens is 286 g/mol. The van der Waals surface area contributed by atoms with Gasteiger partial charge in [-0.3, -0.25) is 0 Å². The Morgan fingerprint density at radius 1 is 1.09 bits per heavy atom. The summed E-state index contributed by atoms with van der Waals surface area (Å²) in [6.07, 6.45) is 1.52. The van der Waals surface area contributed by atoms with Gasteiger partial charge in [-0.05, 0) is 50.5 Å². The highest BCUT2D eigenvalue weighted by molar-refractivity contribution is 5.68. The van der Waals surface area contributed by atoms with Gasteiger partial charge in [-0.15, -0.1) is 0 Å². The van der Waals surface area contributed by atoms with Crippen molar-refractivity contribution >= 4 is 6.09 Å². The zero-order valence-electron chi connectivity index (χ0n) is 15.8. The topological polar surface area (TPSA) is 38.3 Å². The highest BCUT2D eigenvalue weighted by atomic mass is 16.6. The Labute approximate surface area is 141 Å². The molecule has 2 atom stereocenters. The Morgan fingerprint density at radius 3 is 2.13 bits per heavy atom. The predicted octanol–water partition coefficient (Wildman–Crippen LogP) is 5.19. The number of hydrogen-bond acceptors (Lipinski definition) is 2. The first-order valence-electron chi connectivity index (χ1n) is 8.52. The number of benzene rings is 1. The number of nitrogens with one attached hydrogen (secondary N) is 1. The van der Waals surface area contributed by atoms with E-state index in [1.165, 1.54) is 5.56 Å². The Kier molecular flexibility index (Phi) is 6.67. The Balaban J connectivity index is 2.75. The third-order valence-electron chi connectivity index (χ3n) is 4.26. The molecule has 3 nitrogen and oxygen atoms in total. The summed E-state index contributed by atoms with van der Waals surface area (Å²) in [5.41, 5.74) is 0.944. The van der Waals surface area contributed by atoms with E-state index in [0.717, 1.165) is 12.8 Å². The van der Waals surface area contributed by atoms with Gasteiger partial charge < -0.3 is 10.1 Å². The van der Waals surface area contributed by atoms with Crippen molar-refractivity contribution in [3.63, 3.8) is 0 Å². The molecule has 0 aromatic heterocycles. The molecular formula is C20H33NO2. The maximum absolute atomic E-state index is 12.2. The standard InChI is InChI=1S/C20H33NO2/c1-15(19(2,3)4)17(21-18(22)23-20(5,6)7)14-13-16-11-9-8-10-12-16/h8-12,15,17H,13-14H2,1-7H3,(H,21,22). The molecule has 0 saturated carbocycles. The van der Waals surface area contributed by atoms with Crippen molar-refractivity contribution in [2.24, 2.45) is 11.3 Å². The monoisotopic (exact) mass is 319 g/mol. The quantitative estimate of drug-likeness (QED) is 0.810. The van der Waals surface area contributed by atoms with Gasteiger partial charge >= 0.3 is 6.09 Å². The van der Waals surface area contributed by atoms with Crippen LogP contribution in [-0.2, 0) is 11.2 Å². The summed E-state index contributed by atoms with van der Waals surface area (Å²) < 4.78 is 5.43. The summed E-state index contributed by atoms with van der Waals surface area (Å²) in [6.45, 7) is 14.5. The van der Waals surface area contributed by atoms with E-state index in [1.54, 1.807) is 0 Å². The van der Waals surface area contributed by atoms with Crippen molar-refractivity contribution in [2.45, 2.75) is 73.0 Å². The molecule has 0 saturated heterocycles. The molecule has 1 aromatic carbocycles. The van der Waals surface area contributed by atoms with Crippen molar-refractivity contribution in [2.75, 3.05) is 0 Å². The molecule has 0 aliphatic carbocycles. The van der Waals surface area contributed by atoms with Crippen molar-refractivity contribution in [1.82, 2.24) is 5.32 Å². The highest BCUT2D eigenvalue weighted by Gasteiger charge is 2.30. The fourth-order valence-corrected chi connectivity index (χ4v) is 2.48. The maximum Gasteiger partial charge on any atom is 0.407 e. The third-order valence-corrected chi connectivity index (χ3v) is 4.26. The zero-order chi connectivity index (χ0) is 17.7. The van der Waals surface area contributed by atoms with Crippen LogP contribution in [0.5, 0.6) is 0 Å². The molecule has 1 rings (SSSR count). The second-order valence-electron chi connectivity index (χ2n) is 8.43. The third kappa shape index (κ3) is 7.54. The molecule has 23 heavy (non-hydrogen) atoms. The molecule has 0 aliphatic heterocycles. The number of hydrogen-bond donors (Lipinski definition) is 1. The van der Waals surface area contributed by atoms with E-state index in [2.05, 4.69) is 57.3 Å². The number of alkyl carbamates (subject to hydrolysis) is 1. The summed E-state index contributed by atoms with van der Waals surface area (Å²) in [5.74, 6) is 0.346. The van der Waals surface area contributed by atoms with E-state index in [-0.39, 0.29) is 17.6 Å². The van der Waals surface area contributed by atoms with Crippen molar-refractivity contribution in [1.29, 1.82) is 0 Å². The molecule has 1 N–H and O–H groups in total. The predicted molar refractivity (Wildman–Crippen MR) is 96.5 cm³/mol. The van der Waals surface area contributed by atoms with E-state index < -0.39 is 5.60 Å². The van der Waals surface area contributed by atoms with Crippen molar-refractivity contribution < 1.29 is 9.53 Å². The van der Waals surface area contributed by atoms with E-state index in [1.807, 2.05) is 26.8 Å². The molecule has 0 aliphatic rings. The van der Waals surface area contributed by atoms with Crippen molar-refractivity contribution in [3.8, 4) is 0 Å².